The lowest BCUT2D eigenvalue weighted by molar-refractivity contribution is -0.129. The molecule has 1 aliphatic heterocycles. The van der Waals surface area contributed by atoms with Gasteiger partial charge in [0.15, 0.2) is 0 Å². The van der Waals surface area contributed by atoms with Gasteiger partial charge in [-0.3, -0.25) is 19.3 Å². The van der Waals surface area contributed by atoms with Crippen molar-refractivity contribution in [3.8, 4) is 23.1 Å². The minimum Gasteiger partial charge on any atom is -0.354 e. The normalized spacial score (nSPS) is 16.3. The SMILES string of the molecule is CN1CCCC1c1ncc(-c2ccc(C#Cc3ccc(CNC(=O)CCCCNC(=O)C(NC(=O)C4CC4)c4ccccc4)cc3)cc2)[nH]1. The monoisotopic (exact) mass is 656 g/mol. The molecule has 9 heteroatoms. The van der Waals surface area contributed by atoms with Crippen molar-refractivity contribution in [1.29, 1.82) is 0 Å². The Labute approximate surface area is 288 Å². The van der Waals surface area contributed by atoms with Crippen LogP contribution in [0.4, 0.5) is 0 Å². The van der Waals surface area contributed by atoms with Gasteiger partial charge in [-0.25, -0.2) is 4.98 Å². The molecule has 252 valence electrons. The fourth-order valence-electron chi connectivity index (χ4n) is 6.06. The van der Waals surface area contributed by atoms with Crippen molar-refractivity contribution >= 4 is 17.7 Å². The van der Waals surface area contributed by atoms with Gasteiger partial charge in [-0.15, -0.1) is 0 Å². The number of hydrogen-bond acceptors (Lipinski definition) is 5. The largest absolute Gasteiger partial charge is 0.354 e. The van der Waals surface area contributed by atoms with Gasteiger partial charge in [-0.2, -0.15) is 0 Å². The number of carbonyl (C=O) groups is 3. The second kappa shape index (κ2) is 16.3. The lowest BCUT2D eigenvalue weighted by Gasteiger charge is -2.19. The quantitative estimate of drug-likeness (QED) is 0.113. The number of carbonyl (C=O) groups excluding carboxylic acids is 3. The summed E-state index contributed by atoms with van der Waals surface area (Å²) in [5.41, 5.74) is 5.70. The summed E-state index contributed by atoms with van der Waals surface area (Å²) in [6.07, 6.45) is 7.69. The third-order valence-electron chi connectivity index (χ3n) is 9.18. The molecule has 0 radical (unpaired) electrons. The van der Waals surface area contributed by atoms with Crippen molar-refractivity contribution in [3.05, 3.63) is 113 Å². The Kier molecular flexibility index (Phi) is 11.2. The molecular weight excluding hydrogens is 612 g/mol. The Morgan fingerprint density at radius 2 is 1.61 bits per heavy atom. The van der Waals surface area contributed by atoms with Crippen LogP contribution in [0, 0.1) is 17.8 Å². The number of unbranched alkanes of at least 4 members (excludes halogenated alkanes) is 1. The fourth-order valence-corrected chi connectivity index (χ4v) is 6.06. The molecule has 49 heavy (non-hydrogen) atoms. The average Bonchev–Trinajstić information content (AvgIpc) is 3.72. The Morgan fingerprint density at radius 1 is 0.898 bits per heavy atom. The van der Waals surface area contributed by atoms with Crippen LogP contribution in [0.2, 0.25) is 0 Å². The first kappa shape index (κ1) is 33.7. The van der Waals surface area contributed by atoms with Crippen LogP contribution in [0.3, 0.4) is 0 Å². The van der Waals surface area contributed by atoms with E-state index in [1.807, 2.05) is 72.9 Å². The molecule has 1 saturated heterocycles. The predicted molar refractivity (Wildman–Crippen MR) is 190 cm³/mol. The molecule has 6 rings (SSSR count). The molecule has 4 aromatic rings. The lowest BCUT2D eigenvalue weighted by Crippen LogP contribution is -2.41. The summed E-state index contributed by atoms with van der Waals surface area (Å²) in [6, 6.07) is 25.0. The van der Waals surface area contributed by atoms with E-state index in [0.29, 0.717) is 38.4 Å². The highest BCUT2D eigenvalue weighted by Gasteiger charge is 2.33. The van der Waals surface area contributed by atoms with Crippen LogP contribution < -0.4 is 16.0 Å². The Hall–Kier alpha value is -5.20. The second-order valence-electron chi connectivity index (χ2n) is 13.0. The van der Waals surface area contributed by atoms with Gasteiger partial charge < -0.3 is 20.9 Å². The Morgan fingerprint density at radius 3 is 2.29 bits per heavy atom. The van der Waals surface area contributed by atoms with Gasteiger partial charge in [0.05, 0.1) is 17.9 Å². The van der Waals surface area contributed by atoms with E-state index in [9.17, 15) is 14.4 Å². The van der Waals surface area contributed by atoms with Gasteiger partial charge in [0.25, 0.3) is 0 Å². The topological polar surface area (TPSA) is 119 Å². The van der Waals surface area contributed by atoms with E-state index in [1.54, 1.807) is 0 Å². The van der Waals surface area contributed by atoms with E-state index in [2.05, 4.69) is 61.8 Å². The number of aromatic amines is 1. The molecule has 0 spiro atoms. The molecule has 1 saturated carbocycles. The molecule has 1 aliphatic carbocycles. The molecule has 3 aromatic carbocycles. The highest BCUT2D eigenvalue weighted by Crippen LogP contribution is 2.31. The number of amides is 3. The number of rotatable bonds is 13. The van der Waals surface area contributed by atoms with Gasteiger partial charge in [-0.05, 0) is 93.1 Å². The molecular formula is C40H44N6O3. The van der Waals surface area contributed by atoms with Crippen LogP contribution >= 0.6 is 0 Å². The van der Waals surface area contributed by atoms with Crippen LogP contribution in [-0.4, -0.2) is 52.7 Å². The third-order valence-corrected chi connectivity index (χ3v) is 9.18. The average molecular weight is 657 g/mol. The van der Waals surface area contributed by atoms with Crippen molar-refractivity contribution in [3.63, 3.8) is 0 Å². The van der Waals surface area contributed by atoms with E-state index < -0.39 is 6.04 Å². The highest BCUT2D eigenvalue weighted by atomic mass is 16.2. The molecule has 1 aromatic heterocycles. The summed E-state index contributed by atoms with van der Waals surface area (Å²) in [5, 5.41) is 8.79. The molecule has 2 unspecified atom stereocenters. The molecule has 2 atom stereocenters. The lowest BCUT2D eigenvalue weighted by atomic mass is 10.1. The smallest absolute Gasteiger partial charge is 0.247 e. The molecule has 0 bridgehead atoms. The van der Waals surface area contributed by atoms with Gasteiger partial charge >= 0.3 is 0 Å². The number of nitrogens with zero attached hydrogens (tertiary/aromatic N) is 2. The maximum absolute atomic E-state index is 12.9. The van der Waals surface area contributed by atoms with Crippen molar-refractivity contribution in [1.82, 2.24) is 30.8 Å². The minimum atomic E-state index is -0.716. The van der Waals surface area contributed by atoms with Crippen LogP contribution in [0.1, 0.15) is 85.1 Å². The molecule has 3 amide bonds. The maximum Gasteiger partial charge on any atom is 0.247 e. The van der Waals surface area contributed by atoms with Gasteiger partial charge in [0, 0.05) is 36.6 Å². The molecule has 9 nitrogen and oxygen atoms in total. The van der Waals surface area contributed by atoms with Crippen molar-refractivity contribution in [2.45, 2.75) is 63.6 Å². The highest BCUT2D eigenvalue weighted by molar-refractivity contribution is 5.90. The van der Waals surface area contributed by atoms with Gasteiger partial charge in [0.2, 0.25) is 17.7 Å². The number of nitrogens with one attached hydrogen (secondary N) is 4. The Balaban J connectivity index is 0.893. The zero-order chi connectivity index (χ0) is 34.0. The zero-order valence-electron chi connectivity index (χ0n) is 28.0. The molecule has 2 aliphatic rings. The van der Waals surface area contributed by atoms with Crippen LogP contribution in [0.5, 0.6) is 0 Å². The summed E-state index contributed by atoms with van der Waals surface area (Å²) in [7, 11) is 2.15. The van der Waals surface area contributed by atoms with E-state index in [-0.39, 0.29) is 23.6 Å². The maximum atomic E-state index is 12.9. The van der Waals surface area contributed by atoms with Crippen molar-refractivity contribution in [2.75, 3.05) is 20.1 Å². The molecule has 2 fully saturated rings. The number of hydrogen-bond donors (Lipinski definition) is 4. The van der Waals surface area contributed by atoms with Crippen LogP contribution in [0.15, 0.2) is 85.1 Å². The number of H-pyrrole nitrogens is 1. The first-order valence-electron chi connectivity index (χ1n) is 17.3. The zero-order valence-corrected chi connectivity index (χ0v) is 28.0. The van der Waals surface area contributed by atoms with E-state index >= 15 is 0 Å². The summed E-state index contributed by atoms with van der Waals surface area (Å²) in [5.74, 6) is 7.18. The second-order valence-corrected chi connectivity index (χ2v) is 13.0. The molecule has 2 heterocycles. The van der Waals surface area contributed by atoms with Gasteiger partial charge in [0.1, 0.15) is 11.9 Å². The first-order chi connectivity index (χ1) is 23.9. The van der Waals surface area contributed by atoms with E-state index in [1.165, 1.54) is 6.42 Å². The number of aromatic nitrogens is 2. The van der Waals surface area contributed by atoms with E-state index in [0.717, 1.165) is 65.1 Å². The standard InChI is InChI=1S/C40H44N6O3/c1-46-25-7-10-35(46)38-43-27-34(44-38)31-20-18-29(19-21-31)13-12-28-14-16-30(17-15-28)26-42-36(47)11-5-6-24-41-40(49)37(32-8-3-2-4-9-32)45-39(48)33-22-23-33/h2-4,8-9,14-21,27,33,35,37H,5-7,10-11,22-26H2,1H3,(H,41,49)(H,42,47)(H,43,44)(H,45,48). The minimum absolute atomic E-state index is 0.0186. The molecule has 4 N–H and O–H groups in total. The Bertz CT molecular complexity index is 1790. The third kappa shape index (κ3) is 9.46. The van der Waals surface area contributed by atoms with Gasteiger partial charge in [-0.1, -0.05) is 66.4 Å². The van der Waals surface area contributed by atoms with Crippen molar-refractivity contribution in [2.24, 2.45) is 5.92 Å². The number of likely N-dealkylation sites (tertiary alicyclic amines) is 1. The summed E-state index contributed by atoms with van der Waals surface area (Å²) in [6.45, 7) is 1.99. The number of benzene rings is 3. The summed E-state index contributed by atoms with van der Waals surface area (Å²) < 4.78 is 0. The van der Waals surface area contributed by atoms with E-state index in [4.69, 9.17) is 0 Å². The van der Waals surface area contributed by atoms with Crippen LogP contribution in [-0.2, 0) is 20.9 Å². The number of imidazole rings is 1. The van der Waals surface area contributed by atoms with Crippen LogP contribution in [0.25, 0.3) is 11.3 Å². The predicted octanol–water partition coefficient (Wildman–Crippen LogP) is 5.41. The first-order valence-corrected chi connectivity index (χ1v) is 17.3. The fraction of sp³-hybridized carbons (Fsp3) is 0.350. The van der Waals surface area contributed by atoms with Crippen molar-refractivity contribution < 1.29 is 14.4 Å². The summed E-state index contributed by atoms with van der Waals surface area (Å²) in [4.78, 5) is 48.2. The summed E-state index contributed by atoms with van der Waals surface area (Å²) >= 11 is 0.